The van der Waals surface area contributed by atoms with E-state index in [9.17, 15) is 0 Å². The van der Waals surface area contributed by atoms with Gasteiger partial charge in [0.1, 0.15) is 0 Å². The van der Waals surface area contributed by atoms with Crippen LogP contribution in [-0.4, -0.2) is 11.5 Å². The van der Waals surface area contributed by atoms with Crippen LogP contribution in [0.3, 0.4) is 0 Å². The van der Waals surface area contributed by atoms with E-state index in [1.54, 1.807) is 0 Å². The number of aromatic nitrogens is 1. The largest absolute Gasteiger partial charge is 0.343 e. The van der Waals surface area contributed by atoms with Gasteiger partial charge in [0, 0.05) is 18.0 Å². The van der Waals surface area contributed by atoms with E-state index in [0.29, 0.717) is 0 Å². The zero-order chi connectivity index (χ0) is 11.8. The zero-order valence-corrected chi connectivity index (χ0v) is 11.0. The Labute approximate surface area is 106 Å². The molecule has 3 rings (SSSR count). The maximum atomic E-state index is 4.65. The second kappa shape index (κ2) is 4.15. The summed E-state index contributed by atoms with van der Waals surface area (Å²) in [6, 6.07) is 8.73. The van der Waals surface area contributed by atoms with Crippen molar-refractivity contribution in [3.05, 3.63) is 46.0 Å². The summed E-state index contributed by atoms with van der Waals surface area (Å²) in [5.74, 6) is 0. The molecule has 3 heteroatoms. The van der Waals surface area contributed by atoms with E-state index in [2.05, 4.69) is 48.0 Å². The molecule has 0 unspecified atom stereocenters. The van der Waals surface area contributed by atoms with Crippen LogP contribution in [0.5, 0.6) is 0 Å². The summed E-state index contributed by atoms with van der Waals surface area (Å²) in [6.07, 6.45) is 1.13. The monoisotopic (exact) mass is 244 g/mol. The van der Waals surface area contributed by atoms with Crippen LogP contribution < -0.4 is 4.90 Å². The molecule has 0 radical (unpaired) electrons. The third-order valence-corrected chi connectivity index (χ3v) is 4.55. The molecular formula is C14H16N2S. The first-order valence-electron chi connectivity index (χ1n) is 6.00. The molecule has 0 saturated heterocycles. The van der Waals surface area contributed by atoms with Gasteiger partial charge in [0.2, 0.25) is 0 Å². The Balaban J connectivity index is 1.89. The van der Waals surface area contributed by atoms with Crippen molar-refractivity contribution < 1.29 is 0 Å². The van der Waals surface area contributed by atoms with Crippen LogP contribution in [0.1, 0.15) is 21.7 Å². The molecule has 0 atom stereocenters. The summed E-state index contributed by atoms with van der Waals surface area (Å²) in [4.78, 5) is 8.38. The standard InChI is InChI=1S/C14H16N2S/c1-10-11(2)17-14(15-10)16-8-7-12-5-3-4-6-13(12)9-16/h3-6H,7-9H2,1-2H3. The molecule has 17 heavy (non-hydrogen) atoms. The summed E-state index contributed by atoms with van der Waals surface area (Å²) in [6.45, 7) is 6.33. The number of thiazole rings is 1. The summed E-state index contributed by atoms with van der Waals surface area (Å²) >= 11 is 1.81. The highest BCUT2D eigenvalue weighted by atomic mass is 32.1. The maximum Gasteiger partial charge on any atom is 0.186 e. The highest BCUT2D eigenvalue weighted by molar-refractivity contribution is 7.15. The van der Waals surface area contributed by atoms with Gasteiger partial charge in [-0.15, -0.1) is 11.3 Å². The van der Waals surface area contributed by atoms with Crippen molar-refractivity contribution in [2.24, 2.45) is 0 Å². The third kappa shape index (κ3) is 1.95. The number of hydrogen-bond donors (Lipinski definition) is 0. The van der Waals surface area contributed by atoms with Gasteiger partial charge in [-0.05, 0) is 31.4 Å². The number of rotatable bonds is 1. The van der Waals surface area contributed by atoms with Crippen LogP contribution in [-0.2, 0) is 13.0 Å². The Bertz CT molecular complexity index is 525. The lowest BCUT2D eigenvalue weighted by Crippen LogP contribution is -2.30. The molecule has 0 fully saturated rings. The van der Waals surface area contributed by atoms with E-state index < -0.39 is 0 Å². The average molecular weight is 244 g/mol. The van der Waals surface area contributed by atoms with E-state index >= 15 is 0 Å². The van der Waals surface area contributed by atoms with Crippen molar-refractivity contribution in [3.63, 3.8) is 0 Å². The average Bonchev–Trinajstić information content (AvgIpc) is 2.69. The highest BCUT2D eigenvalue weighted by Gasteiger charge is 2.18. The predicted molar refractivity (Wildman–Crippen MR) is 72.8 cm³/mol. The third-order valence-electron chi connectivity index (χ3n) is 3.42. The summed E-state index contributed by atoms with van der Waals surface area (Å²) in [5.41, 5.74) is 4.11. The van der Waals surface area contributed by atoms with Gasteiger partial charge >= 0.3 is 0 Å². The number of aryl methyl sites for hydroxylation is 2. The number of fused-ring (bicyclic) bond motifs is 1. The Morgan fingerprint density at radius 1 is 1.18 bits per heavy atom. The molecular weight excluding hydrogens is 228 g/mol. The van der Waals surface area contributed by atoms with Crippen molar-refractivity contribution in [2.75, 3.05) is 11.4 Å². The molecule has 1 aromatic heterocycles. The molecule has 0 saturated carbocycles. The smallest absolute Gasteiger partial charge is 0.186 e. The van der Waals surface area contributed by atoms with Gasteiger partial charge in [-0.25, -0.2) is 4.98 Å². The Morgan fingerprint density at radius 3 is 2.65 bits per heavy atom. The van der Waals surface area contributed by atoms with Gasteiger partial charge < -0.3 is 4.90 Å². The van der Waals surface area contributed by atoms with Gasteiger partial charge in [0.25, 0.3) is 0 Å². The van der Waals surface area contributed by atoms with Crippen LogP contribution in [0.15, 0.2) is 24.3 Å². The Kier molecular flexibility index (Phi) is 2.63. The zero-order valence-electron chi connectivity index (χ0n) is 10.2. The maximum absolute atomic E-state index is 4.65. The van der Waals surface area contributed by atoms with E-state index in [-0.39, 0.29) is 0 Å². The quantitative estimate of drug-likeness (QED) is 0.765. The molecule has 1 aliphatic heterocycles. The fourth-order valence-electron chi connectivity index (χ4n) is 2.25. The number of anilines is 1. The minimum absolute atomic E-state index is 1.00. The normalized spacial score (nSPS) is 14.8. The fraction of sp³-hybridized carbons (Fsp3) is 0.357. The molecule has 0 N–H and O–H groups in total. The van der Waals surface area contributed by atoms with Crippen molar-refractivity contribution in [3.8, 4) is 0 Å². The molecule has 2 aromatic rings. The van der Waals surface area contributed by atoms with E-state index in [1.165, 1.54) is 26.8 Å². The van der Waals surface area contributed by atoms with Crippen molar-refractivity contribution in [1.82, 2.24) is 4.98 Å². The first-order valence-corrected chi connectivity index (χ1v) is 6.81. The first-order chi connectivity index (χ1) is 8.24. The molecule has 0 aliphatic carbocycles. The second-order valence-corrected chi connectivity index (χ2v) is 5.76. The molecule has 1 aromatic carbocycles. The van der Waals surface area contributed by atoms with Crippen molar-refractivity contribution >= 4 is 16.5 Å². The van der Waals surface area contributed by atoms with Crippen molar-refractivity contribution in [1.29, 1.82) is 0 Å². The summed E-state index contributed by atoms with van der Waals surface area (Å²) in [7, 11) is 0. The molecule has 2 nitrogen and oxygen atoms in total. The minimum atomic E-state index is 1.00. The lowest BCUT2D eigenvalue weighted by Gasteiger charge is -2.28. The Morgan fingerprint density at radius 2 is 1.94 bits per heavy atom. The minimum Gasteiger partial charge on any atom is -0.343 e. The van der Waals surface area contributed by atoms with E-state index in [4.69, 9.17) is 0 Å². The predicted octanol–water partition coefficient (Wildman–Crippen LogP) is 3.32. The molecule has 88 valence electrons. The lowest BCUT2D eigenvalue weighted by molar-refractivity contribution is 0.728. The number of hydrogen-bond acceptors (Lipinski definition) is 3. The summed E-state index contributed by atoms with van der Waals surface area (Å²) < 4.78 is 0. The molecule has 0 amide bonds. The SMILES string of the molecule is Cc1nc(N2CCc3ccccc3C2)sc1C. The van der Waals surface area contributed by atoms with Crippen LogP contribution in [0.25, 0.3) is 0 Å². The van der Waals surface area contributed by atoms with Gasteiger partial charge in [-0.1, -0.05) is 24.3 Å². The van der Waals surface area contributed by atoms with Crippen LogP contribution in [0.2, 0.25) is 0 Å². The second-order valence-electron chi connectivity index (χ2n) is 4.58. The number of benzene rings is 1. The van der Waals surface area contributed by atoms with E-state index in [1.807, 2.05) is 11.3 Å². The number of nitrogens with zero attached hydrogens (tertiary/aromatic N) is 2. The fourth-order valence-corrected chi connectivity index (χ4v) is 3.18. The van der Waals surface area contributed by atoms with E-state index in [0.717, 1.165) is 19.5 Å². The van der Waals surface area contributed by atoms with Gasteiger partial charge in [-0.2, -0.15) is 0 Å². The molecule has 2 heterocycles. The van der Waals surface area contributed by atoms with Gasteiger partial charge in [0.05, 0.1) is 5.69 Å². The first kappa shape index (κ1) is 10.8. The lowest BCUT2D eigenvalue weighted by atomic mass is 10.0. The van der Waals surface area contributed by atoms with Crippen molar-refractivity contribution in [2.45, 2.75) is 26.8 Å². The topological polar surface area (TPSA) is 16.1 Å². The molecule has 0 spiro atoms. The summed E-state index contributed by atoms with van der Waals surface area (Å²) in [5, 5.41) is 1.18. The molecule has 0 bridgehead atoms. The van der Waals surface area contributed by atoms with Gasteiger partial charge in [-0.3, -0.25) is 0 Å². The Hall–Kier alpha value is -1.35. The van der Waals surface area contributed by atoms with Crippen LogP contribution >= 0.6 is 11.3 Å². The molecule has 1 aliphatic rings. The highest BCUT2D eigenvalue weighted by Crippen LogP contribution is 2.29. The van der Waals surface area contributed by atoms with Crippen LogP contribution in [0, 0.1) is 13.8 Å². The van der Waals surface area contributed by atoms with Crippen LogP contribution in [0.4, 0.5) is 5.13 Å². The van der Waals surface area contributed by atoms with Gasteiger partial charge in [0.15, 0.2) is 5.13 Å².